The summed E-state index contributed by atoms with van der Waals surface area (Å²) >= 11 is 1.38. The minimum absolute atomic E-state index is 0.0307. The first-order valence-corrected chi connectivity index (χ1v) is 12.8. The number of halogens is 1. The summed E-state index contributed by atoms with van der Waals surface area (Å²) in [5, 5.41) is 12.3. The Kier molecular flexibility index (Phi) is 7.75. The lowest BCUT2D eigenvalue weighted by Gasteiger charge is -2.09. The Morgan fingerprint density at radius 1 is 1.10 bits per heavy atom. The van der Waals surface area contributed by atoms with Crippen LogP contribution < -0.4 is 14.8 Å². The highest BCUT2D eigenvalue weighted by atomic mass is 32.1. The normalized spacial score (nSPS) is 11.1. The van der Waals surface area contributed by atoms with Gasteiger partial charge in [0.1, 0.15) is 18.2 Å². The van der Waals surface area contributed by atoms with Gasteiger partial charge in [-0.2, -0.15) is 0 Å². The number of anilines is 1. The zero-order chi connectivity index (χ0) is 27.4. The minimum atomic E-state index is -0.686. The largest absolute Gasteiger partial charge is 0.487 e. The predicted octanol–water partition coefficient (Wildman–Crippen LogP) is 4.92. The zero-order valence-electron chi connectivity index (χ0n) is 21.1. The maximum Gasteiger partial charge on any atom is 0.411 e. The highest BCUT2D eigenvalue weighted by Crippen LogP contribution is 2.37. The van der Waals surface area contributed by atoms with E-state index < -0.39 is 11.9 Å². The molecule has 0 saturated carbocycles. The van der Waals surface area contributed by atoms with E-state index in [-0.39, 0.29) is 25.6 Å². The second kappa shape index (κ2) is 11.5. The van der Waals surface area contributed by atoms with Crippen molar-refractivity contribution in [1.29, 1.82) is 0 Å². The first kappa shape index (κ1) is 26.2. The van der Waals surface area contributed by atoms with Gasteiger partial charge in [-0.15, -0.1) is 11.3 Å². The average molecular weight is 550 g/mol. The summed E-state index contributed by atoms with van der Waals surface area (Å²) in [4.78, 5) is 29.8. The molecule has 0 spiro atoms. The van der Waals surface area contributed by atoms with Crippen LogP contribution in [0, 0.1) is 12.7 Å². The van der Waals surface area contributed by atoms with Crippen LogP contribution in [-0.2, 0) is 11.2 Å². The fraction of sp³-hybridized carbons (Fsp3) is 0.222. The van der Waals surface area contributed by atoms with Crippen molar-refractivity contribution in [2.24, 2.45) is 0 Å². The number of aromatic nitrogens is 4. The molecular formula is C27H24FN5O5S. The summed E-state index contributed by atoms with van der Waals surface area (Å²) < 4.78 is 31.4. The van der Waals surface area contributed by atoms with Crippen molar-refractivity contribution >= 4 is 44.4 Å². The molecule has 3 aromatic heterocycles. The van der Waals surface area contributed by atoms with Gasteiger partial charge >= 0.3 is 6.09 Å². The number of pyridine rings is 1. The van der Waals surface area contributed by atoms with Crippen molar-refractivity contribution in [3.8, 4) is 22.2 Å². The molecule has 0 aliphatic carbocycles. The first-order chi connectivity index (χ1) is 18.9. The van der Waals surface area contributed by atoms with E-state index in [1.54, 1.807) is 24.4 Å². The molecule has 0 saturated heterocycles. The molecule has 39 heavy (non-hydrogen) atoms. The van der Waals surface area contributed by atoms with Gasteiger partial charge in [0.05, 0.1) is 34.6 Å². The van der Waals surface area contributed by atoms with Crippen LogP contribution in [0.3, 0.4) is 0 Å². The van der Waals surface area contributed by atoms with Crippen LogP contribution in [0.25, 0.3) is 31.8 Å². The lowest BCUT2D eigenvalue weighted by atomic mass is 10.1. The molecule has 2 N–H and O–H groups in total. The second-order valence-corrected chi connectivity index (χ2v) is 9.51. The quantitative estimate of drug-likeness (QED) is 0.246. The summed E-state index contributed by atoms with van der Waals surface area (Å²) in [6.07, 6.45) is 2.77. The van der Waals surface area contributed by atoms with Gasteiger partial charge in [0, 0.05) is 48.3 Å². The molecule has 0 radical (unpaired) electrons. The van der Waals surface area contributed by atoms with E-state index in [4.69, 9.17) is 19.3 Å². The topological polar surface area (TPSA) is 129 Å². The number of amides is 1. The third kappa shape index (κ3) is 6.02. The van der Waals surface area contributed by atoms with Gasteiger partial charge in [-0.3, -0.25) is 10.3 Å². The Balaban J connectivity index is 1.26. The molecule has 5 rings (SSSR count). The van der Waals surface area contributed by atoms with Crippen molar-refractivity contribution in [2.75, 3.05) is 32.2 Å². The number of thiazole rings is 1. The summed E-state index contributed by atoms with van der Waals surface area (Å²) in [6.45, 7) is 1.77. The van der Waals surface area contributed by atoms with E-state index in [9.17, 15) is 9.18 Å². The Morgan fingerprint density at radius 3 is 2.79 bits per heavy atom. The van der Waals surface area contributed by atoms with Crippen LogP contribution in [0.4, 0.5) is 14.9 Å². The average Bonchev–Trinajstić information content (AvgIpc) is 3.33. The van der Waals surface area contributed by atoms with Crippen molar-refractivity contribution in [2.45, 2.75) is 13.3 Å². The van der Waals surface area contributed by atoms with Gasteiger partial charge in [-0.1, -0.05) is 0 Å². The molecule has 10 nitrogen and oxygen atoms in total. The summed E-state index contributed by atoms with van der Waals surface area (Å²) in [5.74, 6) is -0.128. The van der Waals surface area contributed by atoms with Gasteiger partial charge in [0.2, 0.25) is 5.88 Å². The number of hydrogen-bond donors (Lipinski definition) is 2. The highest BCUT2D eigenvalue weighted by molar-refractivity contribution is 7.21. The van der Waals surface area contributed by atoms with Crippen LogP contribution in [-0.4, -0.2) is 58.1 Å². The number of rotatable bonds is 9. The molecule has 2 aromatic carbocycles. The molecule has 5 aromatic rings. The summed E-state index contributed by atoms with van der Waals surface area (Å²) in [6, 6.07) is 10.0. The number of aliphatic hydroxyl groups is 1. The molecule has 0 unspecified atom stereocenters. The summed E-state index contributed by atoms with van der Waals surface area (Å²) in [5.41, 5.74) is 4.74. The lowest BCUT2D eigenvalue weighted by molar-refractivity contribution is 0.136. The zero-order valence-corrected chi connectivity index (χ0v) is 21.9. The number of methoxy groups -OCH3 is 1. The number of ether oxygens (including phenoxy) is 3. The van der Waals surface area contributed by atoms with Gasteiger partial charge in [0.25, 0.3) is 0 Å². The number of fused-ring (bicyclic) bond motifs is 2. The number of carbonyl (C=O) groups excluding carboxylic acids is 1. The molecule has 200 valence electrons. The summed E-state index contributed by atoms with van der Waals surface area (Å²) in [7, 11) is 1.54. The van der Waals surface area contributed by atoms with Crippen molar-refractivity contribution in [3.05, 3.63) is 65.9 Å². The minimum Gasteiger partial charge on any atom is -0.487 e. The van der Waals surface area contributed by atoms with Gasteiger partial charge in [-0.25, -0.2) is 24.1 Å². The number of benzene rings is 2. The van der Waals surface area contributed by atoms with Crippen LogP contribution in [0.1, 0.15) is 11.3 Å². The predicted molar refractivity (Wildman–Crippen MR) is 145 cm³/mol. The van der Waals surface area contributed by atoms with Crippen LogP contribution in [0.15, 0.2) is 48.8 Å². The number of carbonyl (C=O) groups is 1. The van der Waals surface area contributed by atoms with E-state index in [0.29, 0.717) is 45.2 Å². The van der Waals surface area contributed by atoms with E-state index in [1.165, 1.54) is 30.7 Å². The van der Waals surface area contributed by atoms with Crippen LogP contribution in [0.5, 0.6) is 11.6 Å². The maximum atomic E-state index is 14.8. The number of aliphatic hydroxyl groups excluding tert-OH is 1. The molecule has 0 fully saturated rings. The highest BCUT2D eigenvalue weighted by Gasteiger charge is 2.16. The Morgan fingerprint density at radius 2 is 1.97 bits per heavy atom. The van der Waals surface area contributed by atoms with E-state index in [2.05, 4.69) is 25.3 Å². The third-order valence-electron chi connectivity index (χ3n) is 5.66. The van der Waals surface area contributed by atoms with Crippen molar-refractivity contribution in [3.63, 3.8) is 0 Å². The molecule has 12 heteroatoms. The number of nitrogens with one attached hydrogen (secondary N) is 1. The van der Waals surface area contributed by atoms with Gasteiger partial charge < -0.3 is 19.3 Å². The smallest absolute Gasteiger partial charge is 0.411 e. The molecular weight excluding hydrogens is 525 g/mol. The molecule has 0 aliphatic rings. The first-order valence-electron chi connectivity index (χ1n) is 12.0. The Bertz CT molecular complexity index is 1660. The van der Waals surface area contributed by atoms with Gasteiger partial charge in [0.15, 0.2) is 11.6 Å². The second-order valence-electron chi connectivity index (χ2n) is 8.48. The Labute approximate surface area is 226 Å². The van der Waals surface area contributed by atoms with Crippen LogP contribution >= 0.6 is 11.3 Å². The number of aryl methyl sites for hydroxylation is 1. The fourth-order valence-electron chi connectivity index (χ4n) is 3.91. The molecule has 0 aliphatic heterocycles. The van der Waals surface area contributed by atoms with Gasteiger partial charge in [-0.05, 0) is 36.8 Å². The Hall–Kier alpha value is -4.42. The SMILES string of the molecule is COc1cnc2c(-c3nc4cc(F)c(OCCOC(=O)Nc5ccnc(CCO)c5)cc4s3)cc(C)cc2n1. The maximum absolute atomic E-state index is 14.8. The standard InChI is InChI=1S/C27H24FN5O5S/c1-15-9-18(25-21(10-15)32-24(36-2)14-30-25)26-33-20-12-19(28)22(13-23(20)39-26)37-7-8-38-27(35)31-17-3-5-29-16(11-17)4-6-34/h3,5,9-14,34H,4,6-8H2,1-2H3,(H,29,31,35). The van der Waals surface area contributed by atoms with E-state index in [1.807, 2.05) is 19.1 Å². The van der Waals surface area contributed by atoms with Crippen molar-refractivity contribution < 1.29 is 28.5 Å². The monoisotopic (exact) mass is 549 g/mol. The molecule has 0 bridgehead atoms. The van der Waals surface area contributed by atoms with Crippen LogP contribution in [0.2, 0.25) is 0 Å². The van der Waals surface area contributed by atoms with E-state index in [0.717, 1.165) is 15.8 Å². The molecule has 1 amide bonds. The molecule has 0 atom stereocenters. The third-order valence-corrected chi connectivity index (χ3v) is 6.71. The van der Waals surface area contributed by atoms with E-state index >= 15 is 0 Å². The number of hydrogen-bond acceptors (Lipinski definition) is 10. The number of nitrogens with zero attached hydrogens (tertiary/aromatic N) is 4. The van der Waals surface area contributed by atoms with Crippen molar-refractivity contribution in [1.82, 2.24) is 19.9 Å². The molecule has 3 heterocycles. The fourth-order valence-corrected chi connectivity index (χ4v) is 4.90. The lowest BCUT2D eigenvalue weighted by Crippen LogP contribution is -2.18.